The van der Waals surface area contributed by atoms with Crippen LogP contribution >= 0.6 is 0 Å². The minimum atomic E-state index is 0.314. The lowest BCUT2D eigenvalue weighted by molar-refractivity contribution is 0.0526. The molecule has 0 heterocycles. The van der Waals surface area contributed by atoms with Gasteiger partial charge in [-0.1, -0.05) is 0 Å². The second-order valence-corrected chi connectivity index (χ2v) is 4.65. The van der Waals surface area contributed by atoms with E-state index in [1.54, 1.807) is 7.11 Å². The lowest BCUT2D eigenvalue weighted by atomic mass is 9.75. The summed E-state index contributed by atoms with van der Waals surface area (Å²) < 4.78 is 5.20. The summed E-state index contributed by atoms with van der Waals surface area (Å²) >= 11 is 0. The maximum absolute atomic E-state index is 5.20. The van der Waals surface area contributed by atoms with Crippen molar-refractivity contribution in [2.75, 3.05) is 34.3 Å². The van der Waals surface area contributed by atoms with Crippen molar-refractivity contribution in [1.82, 2.24) is 10.2 Å². The predicted molar refractivity (Wildman–Crippen MR) is 59.6 cm³/mol. The second-order valence-electron chi connectivity index (χ2n) is 4.65. The van der Waals surface area contributed by atoms with Crippen molar-refractivity contribution in [1.29, 1.82) is 0 Å². The standard InChI is InChI=1S/C11H24N2O/c1-10(14-4)8-12-9-11(13(2)3)6-5-7-11/h10,12H,5-9H2,1-4H3. The lowest BCUT2D eigenvalue weighted by Gasteiger charge is -2.47. The number of nitrogens with zero attached hydrogens (tertiary/aromatic N) is 1. The normalized spacial score (nSPS) is 22.1. The summed E-state index contributed by atoms with van der Waals surface area (Å²) in [6.07, 6.45) is 4.34. The fourth-order valence-corrected chi connectivity index (χ4v) is 1.96. The molecule has 3 heteroatoms. The molecule has 1 N–H and O–H groups in total. The van der Waals surface area contributed by atoms with Gasteiger partial charge in [0.15, 0.2) is 0 Å². The van der Waals surface area contributed by atoms with Crippen LogP contribution in [0.1, 0.15) is 26.2 Å². The Kier molecular flexibility index (Phi) is 4.35. The highest BCUT2D eigenvalue weighted by molar-refractivity contribution is 4.97. The van der Waals surface area contributed by atoms with Crippen molar-refractivity contribution in [3.63, 3.8) is 0 Å². The van der Waals surface area contributed by atoms with E-state index in [4.69, 9.17) is 4.74 Å². The third-order valence-corrected chi connectivity index (χ3v) is 3.52. The van der Waals surface area contributed by atoms with E-state index >= 15 is 0 Å². The van der Waals surface area contributed by atoms with Gasteiger partial charge in [-0.25, -0.2) is 0 Å². The highest BCUT2D eigenvalue weighted by Crippen LogP contribution is 2.35. The van der Waals surface area contributed by atoms with Crippen molar-refractivity contribution >= 4 is 0 Å². The lowest BCUT2D eigenvalue weighted by Crippen LogP contribution is -2.57. The van der Waals surface area contributed by atoms with Gasteiger partial charge in [0.1, 0.15) is 0 Å². The molecule has 0 aromatic rings. The fourth-order valence-electron chi connectivity index (χ4n) is 1.96. The maximum atomic E-state index is 5.20. The molecule has 0 aromatic heterocycles. The monoisotopic (exact) mass is 200 g/mol. The van der Waals surface area contributed by atoms with Gasteiger partial charge in [-0.15, -0.1) is 0 Å². The van der Waals surface area contributed by atoms with Gasteiger partial charge in [-0.05, 0) is 40.3 Å². The average molecular weight is 200 g/mol. The van der Waals surface area contributed by atoms with Crippen LogP contribution in [0.4, 0.5) is 0 Å². The van der Waals surface area contributed by atoms with E-state index in [2.05, 4.69) is 31.2 Å². The molecule has 1 fully saturated rings. The number of likely N-dealkylation sites (N-methyl/N-ethyl adjacent to an activating group) is 1. The third kappa shape index (κ3) is 2.69. The van der Waals surface area contributed by atoms with E-state index < -0.39 is 0 Å². The van der Waals surface area contributed by atoms with Crippen molar-refractivity contribution in [2.24, 2.45) is 0 Å². The zero-order valence-electron chi connectivity index (χ0n) is 9.97. The first kappa shape index (κ1) is 12.0. The van der Waals surface area contributed by atoms with Gasteiger partial charge in [-0.3, -0.25) is 0 Å². The summed E-state index contributed by atoms with van der Waals surface area (Å²) in [5.74, 6) is 0. The molecule has 0 amide bonds. The topological polar surface area (TPSA) is 24.5 Å². The quantitative estimate of drug-likeness (QED) is 0.695. The minimum absolute atomic E-state index is 0.314. The molecular weight excluding hydrogens is 176 g/mol. The smallest absolute Gasteiger partial charge is 0.0667 e. The number of hydrogen-bond donors (Lipinski definition) is 1. The number of ether oxygens (including phenoxy) is 1. The third-order valence-electron chi connectivity index (χ3n) is 3.52. The maximum Gasteiger partial charge on any atom is 0.0667 e. The molecule has 1 rings (SSSR count). The van der Waals surface area contributed by atoms with Gasteiger partial charge in [0.2, 0.25) is 0 Å². The Morgan fingerprint density at radius 3 is 2.43 bits per heavy atom. The van der Waals surface area contributed by atoms with E-state index in [1.807, 2.05) is 0 Å². The predicted octanol–water partition coefficient (Wildman–Crippen LogP) is 1.10. The van der Waals surface area contributed by atoms with Gasteiger partial charge < -0.3 is 15.0 Å². The average Bonchev–Trinajstić information content (AvgIpc) is 2.08. The van der Waals surface area contributed by atoms with Crippen LogP contribution in [0.25, 0.3) is 0 Å². The Bertz CT molecular complexity index is 167. The van der Waals surface area contributed by atoms with Crippen LogP contribution in [0, 0.1) is 0 Å². The molecule has 1 aliphatic rings. The van der Waals surface area contributed by atoms with Crippen LogP contribution < -0.4 is 5.32 Å². The van der Waals surface area contributed by atoms with Gasteiger partial charge in [0.05, 0.1) is 6.10 Å². The largest absolute Gasteiger partial charge is 0.380 e. The molecule has 0 bridgehead atoms. The Hall–Kier alpha value is -0.120. The number of nitrogens with one attached hydrogen (secondary N) is 1. The van der Waals surface area contributed by atoms with E-state index in [9.17, 15) is 0 Å². The van der Waals surface area contributed by atoms with E-state index in [-0.39, 0.29) is 0 Å². The molecule has 0 aromatic carbocycles. The van der Waals surface area contributed by atoms with Crippen LogP contribution in [0.2, 0.25) is 0 Å². The molecule has 0 saturated heterocycles. The summed E-state index contributed by atoms with van der Waals surface area (Å²) in [6, 6.07) is 0. The Morgan fingerprint density at radius 1 is 1.43 bits per heavy atom. The zero-order valence-corrected chi connectivity index (χ0v) is 9.97. The van der Waals surface area contributed by atoms with Crippen LogP contribution in [0.15, 0.2) is 0 Å². The molecule has 0 radical (unpaired) electrons. The summed E-state index contributed by atoms with van der Waals surface area (Å²) in [5, 5.41) is 3.49. The van der Waals surface area contributed by atoms with Crippen molar-refractivity contribution in [3.8, 4) is 0 Å². The van der Waals surface area contributed by atoms with Gasteiger partial charge in [-0.2, -0.15) is 0 Å². The Labute approximate surface area is 87.8 Å². The molecule has 1 saturated carbocycles. The SMILES string of the molecule is COC(C)CNCC1(N(C)C)CCC1. The fraction of sp³-hybridized carbons (Fsp3) is 1.00. The van der Waals surface area contributed by atoms with Gasteiger partial charge in [0, 0.05) is 25.7 Å². The van der Waals surface area contributed by atoms with Crippen molar-refractivity contribution < 1.29 is 4.74 Å². The van der Waals surface area contributed by atoms with Gasteiger partial charge in [0.25, 0.3) is 0 Å². The molecule has 1 unspecified atom stereocenters. The Morgan fingerprint density at radius 2 is 2.07 bits per heavy atom. The molecule has 0 spiro atoms. The summed E-state index contributed by atoms with van der Waals surface area (Å²) in [5.41, 5.74) is 0.424. The first-order valence-corrected chi connectivity index (χ1v) is 5.52. The van der Waals surface area contributed by atoms with Crippen LogP contribution in [-0.4, -0.2) is 50.8 Å². The van der Waals surface area contributed by atoms with E-state index in [0.29, 0.717) is 11.6 Å². The number of hydrogen-bond acceptors (Lipinski definition) is 3. The van der Waals surface area contributed by atoms with Crippen molar-refractivity contribution in [3.05, 3.63) is 0 Å². The van der Waals surface area contributed by atoms with Crippen LogP contribution in [0.3, 0.4) is 0 Å². The zero-order chi connectivity index (χ0) is 10.6. The van der Waals surface area contributed by atoms with Crippen LogP contribution in [-0.2, 0) is 4.74 Å². The molecular formula is C11H24N2O. The summed E-state index contributed by atoms with van der Waals surface area (Å²) in [6.45, 7) is 4.13. The van der Waals surface area contributed by atoms with Crippen molar-refractivity contribution in [2.45, 2.75) is 37.8 Å². The highest BCUT2D eigenvalue weighted by atomic mass is 16.5. The summed E-state index contributed by atoms with van der Waals surface area (Å²) in [4.78, 5) is 2.36. The molecule has 1 aliphatic carbocycles. The Balaban J connectivity index is 2.22. The van der Waals surface area contributed by atoms with Crippen LogP contribution in [0.5, 0.6) is 0 Å². The number of rotatable bonds is 6. The number of methoxy groups -OCH3 is 1. The summed E-state index contributed by atoms with van der Waals surface area (Å²) in [7, 11) is 6.12. The molecule has 14 heavy (non-hydrogen) atoms. The molecule has 1 atom stereocenters. The van der Waals surface area contributed by atoms with Gasteiger partial charge >= 0.3 is 0 Å². The molecule has 0 aliphatic heterocycles. The molecule has 84 valence electrons. The first-order chi connectivity index (χ1) is 6.60. The highest BCUT2D eigenvalue weighted by Gasteiger charge is 2.38. The molecule has 3 nitrogen and oxygen atoms in total. The first-order valence-electron chi connectivity index (χ1n) is 5.52. The second kappa shape index (κ2) is 5.10. The van der Waals surface area contributed by atoms with E-state index in [0.717, 1.165) is 13.1 Å². The minimum Gasteiger partial charge on any atom is -0.380 e. The van der Waals surface area contributed by atoms with E-state index in [1.165, 1.54) is 19.3 Å².